The number of ether oxygens (including phenoxy) is 4. The number of aliphatic hydroxyl groups is 1. The smallest absolute Gasteiger partial charge is 0.475 e. The van der Waals surface area contributed by atoms with E-state index in [0.717, 1.165) is 26.3 Å². The van der Waals surface area contributed by atoms with Crippen molar-refractivity contribution in [3.8, 4) is 0 Å². The zero-order valence-corrected chi connectivity index (χ0v) is 54.4. The molecule has 7 heterocycles. The molecule has 500 valence electrons. The Kier molecular flexibility index (Phi) is 50.8. The van der Waals surface area contributed by atoms with Crippen LogP contribution in [0.4, 0.5) is 0 Å². The molecule has 1 unspecified atom stereocenters. The molecule has 7 aromatic heterocycles. The molecule has 0 saturated carbocycles. The predicted molar refractivity (Wildman–Crippen MR) is 334 cm³/mol. The molecule has 0 aliphatic heterocycles. The number of aromatic nitrogens is 14. The van der Waals surface area contributed by atoms with Gasteiger partial charge in [-0.15, -0.1) is 0 Å². The molecule has 9 aromatic rings. The van der Waals surface area contributed by atoms with E-state index in [4.69, 9.17) is 10.2 Å². The van der Waals surface area contributed by atoms with Crippen molar-refractivity contribution >= 4 is 75.7 Å². The summed E-state index contributed by atoms with van der Waals surface area (Å²) < 4.78 is 20.4. The zero-order chi connectivity index (χ0) is 70.4. The van der Waals surface area contributed by atoms with Gasteiger partial charge in [0.15, 0.2) is 23.3 Å². The van der Waals surface area contributed by atoms with Crippen molar-refractivity contribution in [1.29, 1.82) is 0 Å². The Morgan fingerprint density at radius 2 is 0.968 bits per heavy atom. The number of imidazole rings is 7. The number of carbonyl (C=O) groups excluding carboxylic acids is 10. The third kappa shape index (κ3) is 39.1. The van der Waals surface area contributed by atoms with Gasteiger partial charge < -0.3 is 68.9 Å². The van der Waals surface area contributed by atoms with Gasteiger partial charge in [0.2, 0.25) is 6.10 Å². The molecular weight excluding hydrogens is 1250 g/mol. The van der Waals surface area contributed by atoms with Gasteiger partial charge in [-0.3, -0.25) is 28.8 Å². The molecule has 1 amide bonds. The summed E-state index contributed by atoms with van der Waals surface area (Å²) >= 11 is 4.61. The van der Waals surface area contributed by atoms with Gasteiger partial charge >= 0.3 is 71.3 Å². The molecule has 0 fully saturated rings. The molecule has 0 saturated heterocycles. The van der Waals surface area contributed by atoms with Crippen molar-refractivity contribution in [2.24, 2.45) is 5.73 Å². The number of esters is 4. The first kappa shape index (κ1) is 87.1. The number of primary amides is 1. The standard InChI is InChI=1S/C13H12N2O3.C10H10N2.C6H8N2O3.C6H6N2O3.C5H5N3O2.C5H4N2O3.C3H3ClO3.C3H4N2.3C3H8.Li/c1-18-13(17)11(16)12-14-7-8-15(12)9-10-5-3-2-4-6-10;1-2-4-10(5-3-1)8-12-7-6-11-9-12;2*1-11-6(10)4(9)5-7-2-3-8-5;6-4(10)3(9)5-7-1-2-8-5;8-3(5(9)10)4-6-1-2-7-4;1-7-3(6)2(4)5;1-2-5-3-4-1;3*1-3-2;/h2-8H,9H2,1H3;1-7,9H,8H2;2-4,9H,1H3,(H,7,8);2-3H,1H3,(H,7,8);1-2H,(H2,6,10)(H,7,8);1-2H,(H,6,7)(H,9,10);1H3;1-3H,(H,4,5);3*3H2,1-2H3;/q;;;;;;;;;;;+1. The van der Waals surface area contributed by atoms with Crippen LogP contribution in [0.3, 0.4) is 0 Å². The van der Waals surface area contributed by atoms with Crippen LogP contribution in [0.2, 0.25) is 0 Å². The number of H-pyrrole nitrogens is 5. The summed E-state index contributed by atoms with van der Waals surface area (Å²) in [5.74, 6) is -9.30. The summed E-state index contributed by atoms with van der Waals surface area (Å²) in [7, 11) is 4.60. The number of Topliss-reactive ketones (excluding diaryl/α,β-unsaturated/α-hetero) is 4. The third-order valence-corrected chi connectivity index (χ3v) is 9.29. The molecule has 9 N–H and O–H groups in total. The molecular formula is C60H76ClLiN15O17+. The fraction of sp³-hybridized carbons (Fsp3) is 0.267. The van der Waals surface area contributed by atoms with E-state index in [-0.39, 0.29) is 48.0 Å². The minimum atomic E-state index is -1.50. The average molecular weight is 1320 g/mol. The van der Waals surface area contributed by atoms with Crippen molar-refractivity contribution in [2.75, 3.05) is 28.4 Å². The van der Waals surface area contributed by atoms with E-state index in [9.17, 15) is 52.7 Å². The number of hydrogen-bond acceptors (Lipinski definition) is 23. The number of ketones is 4. The quantitative estimate of drug-likeness (QED) is 0.0183. The Bertz CT molecular complexity index is 3370. The molecule has 34 heteroatoms. The molecule has 0 aliphatic rings. The van der Waals surface area contributed by atoms with E-state index in [2.05, 4.69) is 154 Å². The number of nitrogens with one attached hydrogen (secondary N) is 5. The number of carbonyl (C=O) groups is 11. The SMILES string of the molecule is CCC.CCC.CCC.COC(=O)C(=O)Cl.COC(=O)C(=O)c1ncc[nH]1.COC(=O)C(=O)c1nccn1Cc1ccccc1.COC(=O)C(O)c1ncc[nH]1.NC(=O)C(=O)c1ncc[nH]1.O=C(O)C(=O)c1ncc[nH]1.[Li+].c1c[nH]cn1.c1ccc(Cn2ccnc2)cc1. The number of methoxy groups -OCH3 is 4. The van der Waals surface area contributed by atoms with Gasteiger partial charge in [-0.2, -0.15) is 0 Å². The van der Waals surface area contributed by atoms with Crippen LogP contribution < -0.4 is 24.6 Å². The monoisotopic (exact) mass is 1320 g/mol. The largest absolute Gasteiger partial charge is 1.00 e. The summed E-state index contributed by atoms with van der Waals surface area (Å²) in [4.78, 5) is 154. The van der Waals surface area contributed by atoms with E-state index in [1.54, 1.807) is 35.7 Å². The summed E-state index contributed by atoms with van der Waals surface area (Å²) in [6, 6.07) is 20.0. The number of aliphatic hydroxyl groups excluding tert-OH is 1. The Hall–Kier alpha value is -11.1. The van der Waals surface area contributed by atoms with Crippen LogP contribution in [-0.2, 0) is 65.6 Å². The van der Waals surface area contributed by atoms with Gasteiger partial charge in [-0.05, 0) is 22.7 Å². The number of nitrogens with two attached hydrogens (primary N) is 1. The number of amides is 1. The van der Waals surface area contributed by atoms with Crippen LogP contribution in [0.5, 0.6) is 0 Å². The molecule has 2 aromatic carbocycles. The minimum Gasteiger partial charge on any atom is -0.475 e. The van der Waals surface area contributed by atoms with E-state index in [0.29, 0.717) is 6.54 Å². The molecule has 9 rings (SSSR count). The Balaban J connectivity index is -0.00000100. The van der Waals surface area contributed by atoms with Crippen molar-refractivity contribution < 1.29 is 101 Å². The molecule has 0 bridgehead atoms. The van der Waals surface area contributed by atoms with Gasteiger partial charge in [0.25, 0.3) is 11.7 Å². The number of nitrogens with zero attached hydrogens (tertiary/aromatic N) is 9. The van der Waals surface area contributed by atoms with Crippen LogP contribution in [0.15, 0.2) is 160 Å². The van der Waals surface area contributed by atoms with Crippen LogP contribution in [0.25, 0.3) is 0 Å². The molecule has 94 heavy (non-hydrogen) atoms. The fourth-order valence-corrected chi connectivity index (χ4v) is 5.38. The second-order valence-corrected chi connectivity index (χ2v) is 17.3. The maximum atomic E-state index is 11.7. The van der Waals surface area contributed by atoms with Crippen LogP contribution in [0, 0.1) is 0 Å². The first-order valence-corrected chi connectivity index (χ1v) is 27.8. The van der Waals surface area contributed by atoms with Crippen LogP contribution in [-0.4, -0.2) is 172 Å². The van der Waals surface area contributed by atoms with Gasteiger partial charge in [0, 0.05) is 99.8 Å². The van der Waals surface area contributed by atoms with Gasteiger partial charge in [-0.1, -0.05) is 121 Å². The summed E-state index contributed by atoms with van der Waals surface area (Å²) in [6.45, 7) is 14.1. The zero-order valence-electron chi connectivity index (χ0n) is 53.6. The van der Waals surface area contributed by atoms with Crippen LogP contribution >= 0.6 is 11.6 Å². The number of aromatic amines is 5. The third-order valence-electron chi connectivity index (χ3n) is 9.14. The van der Waals surface area contributed by atoms with Gasteiger partial charge in [-0.25, -0.2) is 58.9 Å². The normalized spacial score (nSPS) is 9.28. The molecule has 0 radical (unpaired) electrons. The van der Waals surface area contributed by atoms with E-state index < -0.39 is 70.2 Å². The van der Waals surface area contributed by atoms with E-state index in [1.807, 2.05) is 61.1 Å². The Labute approximate surface area is 557 Å². The average Bonchev–Trinajstić information content (AvgIpc) is 1.79. The Morgan fingerprint density at radius 1 is 0.521 bits per heavy atom. The van der Waals surface area contributed by atoms with Crippen molar-refractivity contribution in [3.63, 3.8) is 0 Å². The number of rotatable bonds is 15. The maximum absolute atomic E-state index is 11.7. The van der Waals surface area contributed by atoms with Crippen LogP contribution in [0.1, 0.15) is 126 Å². The first-order chi connectivity index (χ1) is 44.5. The number of hydrogen-bond donors (Lipinski definition) is 8. The molecule has 1 atom stereocenters. The second-order valence-electron chi connectivity index (χ2n) is 16.9. The number of aliphatic carboxylic acids is 1. The number of benzene rings is 2. The van der Waals surface area contributed by atoms with E-state index >= 15 is 0 Å². The van der Waals surface area contributed by atoms with Crippen molar-refractivity contribution in [2.45, 2.75) is 80.0 Å². The predicted octanol–water partition coefficient (Wildman–Crippen LogP) is 2.94. The molecule has 0 aliphatic carbocycles. The summed E-state index contributed by atoms with van der Waals surface area (Å²) in [6.07, 6.45) is 27.6. The number of halogens is 1. The summed E-state index contributed by atoms with van der Waals surface area (Å²) in [5.41, 5.74) is 7.00. The van der Waals surface area contributed by atoms with Gasteiger partial charge in [0.1, 0.15) is 5.82 Å². The fourth-order valence-electron chi connectivity index (χ4n) is 5.31. The topological polar surface area (TPSA) is 470 Å². The van der Waals surface area contributed by atoms with Crippen molar-refractivity contribution in [3.05, 3.63) is 200 Å². The minimum absolute atomic E-state index is 0. The number of carboxylic acid groups (broad SMARTS) is 1. The second kappa shape index (κ2) is 54.8. The Morgan fingerprint density at radius 3 is 1.31 bits per heavy atom. The van der Waals surface area contributed by atoms with Gasteiger partial charge in [0.05, 0.1) is 41.1 Å². The van der Waals surface area contributed by atoms with E-state index in [1.165, 1.54) is 94.8 Å². The maximum Gasteiger partial charge on any atom is 1.00 e. The summed E-state index contributed by atoms with van der Waals surface area (Å²) in [5, 5.41) is 16.2. The number of carboxylic acids is 1. The molecule has 32 nitrogen and oxygen atoms in total. The first-order valence-electron chi connectivity index (χ1n) is 27.4. The van der Waals surface area contributed by atoms with Crippen molar-refractivity contribution in [1.82, 2.24) is 68.9 Å². The molecule has 0 spiro atoms.